The van der Waals surface area contributed by atoms with Crippen LogP contribution in [0, 0.1) is 0 Å². The Morgan fingerprint density at radius 3 is 3.00 bits per heavy atom. The van der Waals surface area contributed by atoms with Crippen LogP contribution in [0.25, 0.3) is 0 Å². The second kappa shape index (κ2) is 4.86. The lowest BCUT2D eigenvalue weighted by Crippen LogP contribution is -2.12. The van der Waals surface area contributed by atoms with E-state index in [2.05, 4.69) is 16.4 Å². The van der Waals surface area contributed by atoms with Crippen LogP contribution < -0.4 is 10.1 Å². The molecule has 4 heteroatoms. The summed E-state index contributed by atoms with van der Waals surface area (Å²) in [6.45, 7) is 0.988. The Labute approximate surface area is 111 Å². The van der Waals surface area contributed by atoms with Crippen LogP contribution in [0.1, 0.15) is 12.0 Å². The number of para-hydroxylation sites is 1. The Hall–Kier alpha value is -1.74. The Morgan fingerprint density at radius 1 is 1.22 bits per heavy atom. The molecule has 1 aromatic carbocycles. The highest BCUT2D eigenvalue weighted by Crippen LogP contribution is 2.34. The summed E-state index contributed by atoms with van der Waals surface area (Å²) in [5.41, 5.74) is 2.38. The summed E-state index contributed by atoms with van der Waals surface area (Å²) >= 11 is 5.80. The molecule has 1 aromatic heterocycles. The number of anilines is 1. The van der Waals surface area contributed by atoms with Gasteiger partial charge in [-0.05, 0) is 30.5 Å². The first kappa shape index (κ1) is 11.4. The normalized spacial score (nSPS) is 13.6. The number of halogens is 1. The summed E-state index contributed by atoms with van der Waals surface area (Å²) in [7, 11) is 0. The molecule has 2 heterocycles. The lowest BCUT2D eigenvalue weighted by Gasteiger charge is -2.20. The topological polar surface area (TPSA) is 34.1 Å². The second-order valence-corrected chi connectivity index (χ2v) is 4.67. The van der Waals surface area contributed by atoms with E-state index in [1.165, 1.54) is 5.56 Å². The Balaban J connectivity index is 1.90. The molecule has 1 aliphatic heterocycles. The van der Waals surface area contributed by atoms with Gasteiger partial charge in [-0.2, -0.15) is 0 Å². The molecule has 0 saturated carbocycles. The minimum Gasteiger partial charge on any atom is -0.437 e. The summed E-state index contributed by atoms with van der Waals surface area (Å²) < 4.78 is 5.80. The predicted octanol–water partition coefficient (Wildman–Crippen LogP) is 3.89. The van der Waals surface area contributed by atoms with Gasteiger partial charge in [0.2, 0.25) is 5.88 Å². The van der Waals surface area contributed by atoms with Crippen LogP contribution in [0.15, 0.2) is 36.5 Å². The largest absolute Gasteiger partial charge is 0.437 e. The van der Waals surface area contributed by atoms with Gasteiger partial charge in [-0.25, -0.2) is 4.98 Å². The van der Waals surface area contributed by atoms with Crippen molar-refractivity contribution in [3.05, 3.63) is 47.1 Å². The van der Waals surface area contributed by atoms with Gasteiger partial charge in [0.1, 0.15) is 0 Å². The number of fused-ring (bicyclic) bond motifs is 1. The minimum atomic E-state index is 0.556. The fourth-order valence-electron chi connectivity index (χ4n) is 2.10. The van der Waals surface area contributed by atoms with Crippen molar-refractivity contribution >= 4 is 17.3 Å². The van der Waals surface area contributed by atoms with Crippen molar-refractivity contribution in [1.82, 2.24) is 4.98 Å². The highest BCUT2D eigenvalue weighted by Gasteiger charge is 2.13. The van der Waals surface area contributed by atoms with E-state index in [1.54, 1.807) is 18.3 Å². The fraction of sp³-hybridized carbons (Fsp3) is 0.214. The molecule has 18 heavy (non-hydrogen) atoms. The Bertz CT molecular complexity index is 554. The number of hydrogen-bond acceptors (Lipinski definition) is 3. The van der Waals surface area contributed by atoms with Crippen molar-refractivity contribution in [1.29, 1.82) is 0 Å². The maximum atomic E-state index is 5.80. The number of ether oxygens (including phenoxy) is 1. The summed E-state index contributed by atoms with van der Waals surface area (Å²) in [6, 6.07) is 9.63. The molecule has 0 bridgehead atoms. The molecule has 0 spiro atoms. The van der Waals surface area contributed by atoms with E-state index in [-0.39, 0.29) is 0 Å². The van der Waals surface area contributed by atoms with Crippen molar-refractivity contribution < 1.29 is 4.74 Å². The molecule has 3 nitrogen and oxygen atoms in total. The highest BCUT2D eigenvalue weighted by molar-refractivity contribution is 6.30. The third-order valence-electron chi connectivity index (χ3n) is 2.95. The summed E-state index contributed by atoms with van der Waals surface area (Å²) in [6.07, 6.45) is 3.84. The third kappa shape index (κ3) is 2.27. The van der Waals surface area contributed by atoms with Crippen molar-refractivity contribution in [3.8, 4) is 11.6 Å². The smallest absolute Gasteiger partial charge is 0.219 e. The first-order valence-corrected chi connectivity index (χ1v) is 6.36. The molecule has 0 atom stereocenters. The van der Waals surface area contributed by atoms with E-state index < -0.39 is 0 Å². The molecule has 0 amide bonds. The van der Waals surface area contributed by atoms with E-state index in [0.29, 0.717) is 10.9 Å². The zero-order valence-electron chi connectivity index (χ0n) is 9.82. The monoisotopic (exact) mass is 260 g/mol. The number of benzene rings is 1. The van der Waals surface area contributed by atoms with Gasteiger partial charge in [-0.15, -0.1) is 0 Å². The maximum Gasteiger partial charge on any atom is 0.219 e. The number of pyridine rings is 1. The molecule has 1 aliphatic rings. The first-order chi connectivity index (χ1) is 8.83. The lowest BCUT2D eigenvalue weighted by molar-refractivity contribution is 0.463. The van der Waals surface area contributed by atoms with Crippen LogP contribution in [-0.4, -0.2) is 11.5 Å². The maximum absolute atomic E-state index is 5.80. The minimum absolute atomic E-state index is 0.556. The van der Waals surface area contributed by atoms with Gasteiger partial charge < -0.3 is 10.1 Å². The van der Waals surface area contributed by atoms with Gasteiger partial charge in [0, 0.05) is 18.8 Å². The van der Waals surface area contributed by atoms with Crippen LogP contribution in [0.3, 0.4) is 0 Å². The number of rotatable bonds is 2. The summed E-state index contributed by atoms with van der Waals surface area (Å²) in [4.78, 5) is 4.14. The van der Waals surface area contributed by atoms with Crippen molar-refractivity contribution in [2.75, 3.05) is 11.9 Å². The van der Waals surface area contributed by atoms with Crippen LogP contribution in [-0.2, 0) is 6.42 Å². The van der Waals surface area contributed by atoms with E-state index >= 15 is 0 Å². The fourth-order valence-corrected chi connectivity index (χ4v) is 2.21. The molecule has 0 unspecified atom stereocenters. The molecule has 2 aromatic rings. The quantitative estimate of drug-likeness (QED) is 0.890. The van der Waals surface area contributed by atoms with Gasteiger partial charge in [-0.3, -0.25) is 0 Å². The molecule has 0 aliphatic carbocycles. The van der Waals surface area contributed by atoms with Gasteiger partial charge in [0.25, 0.3) is 0 Å². The van der Waals surface area contributed by atoms with Crippen LogP contribution in [0.5, 0.6) is 11.6 Å². The molecular formula is C14H13ClN2O. The number of aromatic nitrogens is 1. The van der Waals surface area contributed by atoms with E-state index in [0.717, 1.165) is 30.8 Å². The second-order valence-electron chi connectivity index (χ2n) is 4.24. The van der Waals surface area contributed by atoms with Gasteiger partial charge >= 0.3 is 0 Å². The summed E-state index contributed by atoms with van der Waals surface area (Å²) in [5.74, 6) is 1.38. The first-order valence-electron chi connectivity index (χ1n) is 5.98. The number of nitrogens with one attached hydrogen (secondary N) is 1. The Morgan fingerprint density at radius 2 is 2.17 bits per heavy atom. The van der Waals surface area contributed by atoms with Crippen molar-refractivity contribution in [3.63, 3.8) is 0 Å². The van der Waals surface area contributed by atoms with Crippen molar-refractivity contribution in [2.45, 2.75) is 12.8 Å². The standard InChI is InChI=1S/C14H13ClN2O/c15-11-6-7-13(17-9-11)18-12-5-1-3-10-4-2-8-16-14(10)12/h1,3,5-7,9,16H,2,4,8H2. The van der Waals surface area contributed by atoms with E-state index in [9.17, 15) is 0 Å². The zero-order valence-corrected chi connectivity index (χ0v) is 10.6. The van der Waals surface area contributed by atoms with Gasteiger partial charge in [-0.1, -0.05) is 23.7 Å². The average molecular weight is 261 g/mol. The third-order valence-corrected chi connectivity index (χ3v) is 3.18. The van der Waals surface area contributed by atoms with Crippen LogP contribution >= 0.6 is 11.6 Å². The summed E-state index contributed by atoms with van der Waals surface area (Å²) in [5, 5.41) is 3.99. The molecule has 3 rings (SSSR count). The SMILES string of the molecule is Clc1ccc(Oc2cccc3c2NCCC3)nc1. The molecular weight excluding hydrogens is 248 g/mol. The van der Waals surface area contributed by atoms with Crippen LogP contribution in [0.2, 0.25) is 5.02 Å². The Kier molecular flexibility index (Phi) is 3.07. The molecule has 0 saturated heterocycles. The molecule has 1 N–H and O–H groups in total. The van der Waals surface area contributed by atoms with Crippen LogP contribution in [0.4, 0.5) is 5.69 Å². The molecule has 0 radical (unpaired) electrons. The van der Waals surface area contributed by atoms with E-state index in [1.807, 2.05) is 12.1 Å². The van der Waals surface area contributed by atoms with Gasteiger partial charge in [0.05, 0.1) is 10.7 Å². The molecule has 92 valence electrons. The van der Waals surface area contributed by atoms with Crippen molar-refractivity contribution in [2.24, 2.45) is 0 Å². The zero-order chi connectivity index (χ0) is 12.4. The predicted molar refractivity (Wildman–Crippen MR) is 72.6 cm³/mol. The number of hydrogen-bond donors (Lipinski definition) is 1. The molecule has 0 fully saturated rings. The highest BCUT2D eigenvalue weighted by atomic mass is 35.5. The lowest BCUT2D eigenvalue weighted by atomic mass is 10.0. The average Bonchev–Trinajstić information content (AvgIpc) is 2.42. The number of aryl methyl sites for hydroxylation is 1. The van der Waals surface area contributed by atoms with Gasteiger partial charge in [0.15, 0.2) is 5.75 Å². The number of nitrogens with zero attached hydrogens (tertiary/aromatic N) is 1. The van der Waals surface area contributed by atoms with E-state index in [4.69, 9.17) is 16.3 Å².